The number of hydrogen-bond acceptors (Lipinski definition) is 4. The Labute approximate surface area is 109 Å². The monoisotopic (exact) mass is 275 g/mol. The van der Waals surface area contributed by atoms with E-state index < -0.39 is 24.5 Å². The molecule has 0 aromatic heterocycles. The van der Waals surface area contributed by atoms with Gasteiger partial charge in [0.2, 0.25) is 5.91 Å². The molecule has 1 aliphatic heterocycles. The normalized spacial score (nSPS) is 19.4. The minimum Gasteiger partial charge on any atom is -0.480 e. The van der Waals surface area contributed by atoms with Gasteiger partial charge in [0.1, 0.15) is 13.1 Å². The number of carboxylic acid groups (broad SMARTS) is 1. The van der Waals surface area contributed by atoms with E-state index in [4.69, 9.17) is 10.8 Å². The van der Waals surface area contributed by atoms with Gasteiger partial charge in [-0.05, 0) is 0 Å². The molecule has 0 aliphatic carbocycles. The van der Waals surface area contributed by atoms with Crippen LogP contribution in [0.3, 0.4) is 0 Å². The lowest BCUT2D eigenvalue weighted by Gasteiger charge is -2.34. The summed E-state index contributed by atoms with van der Waals surface area (Å²) in [6, 6.07) is -0.441. The molecular formula is C10H17N3O4S. The highest BCUT2D eigenvalue weighted by Crippen LogP contribution is 2.18. The van der Waals surface area contributed by atoms with Gasteiger partial charge in [0.05, 0.1) is 0 Å². The third-order valence-corrected chi connectivity index (χ3v) is 3.59. The van der Waals surface area contributed by atoms with Crippen LogP contribution in [0.2, 0.25) is 0 Å². The van der Waals surface area contributed by atoms with Crippen LogP contribution in [-0.4, -0.2) is 70.0 Å². The average Bonchev–Trinajstić information content (AvgIpc) is 2.26. The van der Waals surface area contributed by atoms with Crippen LogP contribution in [0.25, 0.3) is 0 Å². The number of carbonyl (C=O) groups is 3. The maximum Gasteiger partial charge on any atom is 0.323 e. The molecule has 3 N–H and O–H groups in total. The van der Waals surface area contributed by atoms with Crippen molar-refractivity contribution in [1.29, 1.82) is 0 Å². The highest BCUT2D eigenvalue weighted by atomic mass is 32.2. The average molecular weight is 275 g/mol. The Bertz CT molecular complexity index is 334. The van der Waals surface area contributed by atoms with E-state index in [1.165, 1.54) is 0 Å². The molecule has 1 saturated heterocycles. The molecule has 0 spiro atoms. The van der Waals surface area contributed by atoms with E-state index in [0.29, 0.717) is 18.3 Å². The van der Waals surface area contributed by atoms with Gasteiger partial charge in [-0.1, -0.05) is 6.92 Å². The van der Waals surface area contributed by atoms with E-state index in [1.54, 1.807) is 16.7 Å². The summed E-state index contributed by atoms with van der Waals surface area (Å²) in [5.41, 5.74) is 5.02. The van der Waals surface area contributed by atoms with E-state index in [9.17, 15) is 14.4 Å². The number of primary amides is 1. The molecule has 1 fully saturated rings. The topological polar surface area (TPSA) is 104 Å². The molecule has 102 valence electrons. The molecule has 0 radical (unpaired) electrons. The molecule has 0 bridgehead atoms. The van der Waals surface area contributed by atoms with Gasteiger partial charge in [-0.15, -0.1) is 0 Å². The predicted octanol–water partition coefficient (Wildman–Crippen LogP) is -0.584. The molecule has 3 amide bonds. The van der Waals surface area contributed by atoms with Crippen LogP contribution in [0.15, 0.2) is 0 Å². The van der Waals surface area contributed by atoms with Gasteiger partial charge < -0.3 is 20.6 Å². The summed E-state index contributed by atoms with van der Waals surface area (Å²) in [7, 11) is 0. The fraction of sp³-hybridized carbons (Fsp3) is 0.700. The first kappa shape index (κ1) is 14.6. The zero-order valence-corrected chi connectivity index (χ0v) is 11.0. The lowest BCUT2D eigenvalue weighted by Crippen LogP contribution is -2.51. The zero-order valence-electron chi connectivity index (χ0n) is 10.2. The Morgan fingerprint density at radius 2 is 2.11 bits per heavy atom. The number of thioether (sulfide) groups is 1. The molecule has 0 aromatic rings. The van der Waals surface area contributed by atoms with Gasteiger partial charge in [-0.3, -0.25) is 9.59 Å². The molecule has 0 saturated carbocycles. The molecule has 1 aliphatic rings. The van der Waals surface area contributed by atoms with E-state index >= 15 is 0 Å². The third-order valence-electron chi connectivity index (χ3n) is 2.45. The van der Waals surface area contributed by atoms with Gasteiger partial charge >= 0.3 is 12.0 Å². The van der Waals surface area contributed by atoms with Crippen molar-refractivity contribution in [2.24, 2.45) is 5.73 Å². The smallest absolute Gasteiger partial charge is 0.323 e. The van der Waals surface area contributed by atoms with Gasteiger partial charge in [0.15, 0.2) is 0 Å². The van der Waals surface area contributed by atoms with E-state index in [-0.39, 0.29) is 6.54 Å². The number of nitrogens with two attached hydrogens (primary N) is 1. The van der Waals surface area contributed by atoms with Gasteiger partial charge in [0, 0.05) is 24.1 Å². The van der Waals surface area contributed by atoms with Crippen LogP contribution < -0.4 is 5.73 Å². The lowest BCUT2D eigenvalue weighted by molar-refractivity contribution is -0.138. The summed E-state index contributed by atoms with van der Waals surface area (Å²) in [6.07, 6.45) is 0. The van der Waals surface area contributed by atoms with Crippen molar-refractivity contribution in [3.63, 3.8) is 0 Å². The van der Waals surface area contributed by atoms with Gasteiger partial charge in [-0.25, -0.2) is 4.79 Å². The van der Waals surface area contributed by atoms with Crippen molar-refractivity contribution in [1.82, 2.24) is 9.80 Å². The second kappa shape index (κ2) is 6.48. The highest BCUT2D eigenvalue weighted by Gasteiger charge is 2.27. The Balaban J connectivity index is 2.67. The first-order valence-electron chi connectivity index (χ1n) is 5.55. The maximum absolute atomic E-state index is 12.1. The number of urea groups is 1. The summed E-state index contributed by atoms with van der Waals surface area (Å²) in [6.45, 7) is 2.23. The Morgan fingerprint density at radius 3 is 2.61 bits per heavy atom. The van der Waals surface area contributed by atoms with Crippen molar-refractivity contribution in [3.8, 4) is 0 Å². The van der Waals surface area contributed by atoms with Crippen molar-refractivity contribution in [3.05, 3.63) is 0 Å². The molecule has 7 nitrogen and oxygen atoms in total. The lowest BCUT2D eigenvalue weighted by atomic mass is 10.4. The summed E-state index contributed by atoms with van der Waals surface area (Å²) < 4.78 is 0. The van der Waals surface area contributed by atoms with Crippen molar-refractivity contribution >= 4 is 29.7 Å². The van der Waals surface area contributed by atoms with E-state index in [2.05, 4.69) is 0 Å². The Morgan fingerprint density at radius 1 is 1.44 bits per heavy atom. The fourth-order valence-electron chi connectivity index (χ4n) is 1.73. The van der Waals surface area contributed by atoms with E-state index in [0.717, 1.165) is 10.7 Å². The quantitative estimate of drug-likeness (QED) is 0.714. The summed E-state index contributed by atoms with van der Waals surface area (Å²) in [4.78, 5) is 36.1. The molecule has 1 heterocycles. The molecular weight excluding hydrogens is 258 g/mol. The first-order valence-corrected chi connectivity index (χ1v) is 6.60. The SMILES string of the molecule is CC1CN(C(=O)N(CC(N)=O)CC(=O)O)CCS1. The number of carbonyl (C=O) groups excluding carboxylic acids is 2. The molecule has 1 rings (SSSR count). The van der Waals surface area contributed by atoms with Crippen molar-refractivity contribution in [2.45, 2.75) is 12.2 Å². The third kappa shape index (κ3) is 4.44. The summed E-state index contributed by atoms with van der Waals surface area (Å²) in [5.74, 6) is -1.07. The predicted molar refractivity (Wildman–Crippen MR) is 67.3 cm³/mol. The van der Waals surface area contributed by atoms with Crippen LogP contribution in [0.5, 0.6) is 0 Å². The number of carboxylic acids is 1. The molecule has 8 heteroatoms. The van der Waals surface area contributed by atoms with Crippen LogP contribution >= 0.6 is 11.8 Å². The number of rotatable bonds is 4. The highest BCUT2D eigenvalue weighted by molar-refractivity contribution is 7.99. The maximum atomic E-state index is 12.1. The van der Waals surface area contributed by atoms with Crippen LogP contribution in [-0.2, 0) is 9.59 Å². The summed E-state index contributed by atoms with van der Waals surface area (Å²) in [5, 5.41) is 9.04. The first-order chi connectivity index (χ1) is 8.40. The Kier molecular flexibility index (Phi) is 5.26. The van der Waals surface area contributed by atoms with Crippen molar-refractivity contribution in [2.75, 3.05) is 31.9 Å². The number of amides is 3. The van der Waals surface area contributed by atoms with Crippen LogP contribution in [0, 0.1) is 0 Å². The standard InChI is InChI=1S/C10H17N3O4S/c1-7-4-12(2-3-18-7)10(17)13(5-8(11)14)6-9(15)16/h7H,2-6H2,1H3,(H2,11,14)(H,15,16). The zero-order chi connectivity index (χ0) is 13.7. The minimum absolute atomic E-state index is 0.308. The van der Waals surface area contributed by atoms with Crippen molar-refractivity contribution < 1.29 is 19.5 Å². The van der Waals surface area contributed by atoms with Crippen LogP contribution in [0.1, 0.15) is 6.92 Å². The van der Waals surface area contributed by atoms with Gasteiger partial charge in [0.25, 0.3) is 0 Å². The largest absolute Gasteiger partial charge is 0.480 e. The van der Waals surface area contributed by atoms with Gasteiger partial charge in [-0.2, -0.15) is 11.8 Å². The molecule has 0 aromatic carbocycles. The molecule has 1 atom stereocenters. The number of hydrogen-bond donors (Lipinski definition) is 2. The second-order valence-corrected chi connectivity index (χ2v) is 5.67. The second-order valence-electron chi connectivity index (χ2n) is 4.13. The van der Waals surface area contributed by atoms with Crippen LogP contribution in [0.4, 0.5) is 4.79 Å². The number of aliphatic carboxylic acids is 1. The van der Waals surface area contributed by atoms with E-state index in [1.807, 2.05) is 6.92 Å². The Hall–Kier alpha value is -1.44. The number of nitrogens with zero attached hydrogens (tertiary/aromatic N) is 2. The molecule has 18 heavy (non-hydrogen) atoms. The molecule has 1 unspecified atom stereocenters. The minimum atomic E-state index is -1.16. The summed E-state index contributed by atoms with van der Waals surface area (Å²) >= 11 is 1.76. The fourth-order valence-corrected chi connectivity index (χ4v) is 2.75.